The van der Waals surface area contributed by atoms with Crippen molar-refractivity contribution < 1.29 is 13.9 Å². The molecule has 0 radical (unpaired) electrons. The second-order valence-electron chi connectivity index (χ2n) is 7.81. The fourth-order valence-corrected chi connectivity index (χ4v) is 5.16. The van der Waals surface area contributed by atoms with Crippen LogP contribution < -0.4 is 10.3 Å². The molecule has 31 heavy (non-hydrogen) atoms. The summed E-state index contributed by atoms with van der Waals surface area (Å²) in [6.07, 6.45) is 6.76. The molecular formula is C23H24FN3O3S. The lowest BCUT2D eigenvalue weighted by atomic mass is 10.1. The third-order valence-corrected chi connectivity index (χ3v) is 6.96. The zero-order valence-corrected chi connectivity index (χ0v) is 18.0. The molecule has 1 aromatic carbocycles. The van der Waals surface area contributed by atoms with E-state index in [0.717, 1.165) is 30.9 Å². The lowest BCUT2D eigenvalue weighted by Gasteiger charge is -2.15. The lowest BCUT2D eigenvalue weighted by molar-refractivity contribution is 0.161. The molecule has 6 nitrogen and oxygen atoms in total. The van der Waals surface area contributed by atoms with E-state index in [-0.39, 0.29) is 11.3 Å². The Bertz CT molecular complexity index is 1180. The average molecular weight is 442 g/mol. The number of hydrogen-bond acceptors (Lipinski definition) is 6. The van der Waals surface area contributed by atoms with Crippen molar-refractivity contribution in [1.29, 1.82) is 0 Å². The largest absolute Gasteiger partial charge is 0.489 e. The van der Waals surface area contributed by atoms with E-state index in [1.165, 1.54) is 46.7 Å². The molecule has 1 fully saturated rings. The predicted octanol–water partition coefficient (Wildman–Crippen LogP) is 3.86. The molecule has 0 saturated carbocycles. The van der Waals surface area contributed by atoms with Gasteiger partial charge in [0.15, 0.2) is 11.6 Å². The second-order valence-corrected chi connectivity index (χ2v) is 8.86. The van der Waals surface area contributed by atoms with Gasteiger partial charge in [-0.25, -0.2) is 9.37 Å². The van der Waals surface area contributed by atoms with Crippen LogP contribution >= 0.6 is 11.3 Å². The van der Waals surface area contributed by atoms with Gasteiger partial charge in [0.1, 0.15) is 17.6 Å². The zero-order chi connectivity index (χ0) is 21.2. The third-order valence-electron chi connectivity index (χ3n) is 5.78. The van der Waals surface area contributed by atoms with Crippen molar-refractivity contribution in [1.82, 2.24) is 14.5 Å². The summed E-state index contributed by atoms with van der Waals surface area (Å²) < 4.78 is 27.6. The van der Waals surface area contributed by atoms with E-state index in [2.05, 4.69) is 9.88 Å². The van der Waals surface area contributed by atoms with Crippen molar-refractivity contribution in [3.8, 4) is 11.4 Å². The molecule has 2 aliphatic heterocycles. The van der Waals surface area contributed by atoms with Crippen LogP contribution in [0.5, 0.6) is 5.75 Å². The highest BCUT2D eigenvalue weighted by atomic mass is 32.1. The number of nitrogens with zero attached hydrogens (tertiary/aromatic N) is 3. The summed E-state index contributed by atoms with van der Waals surface area (Å²) in [7, 11) is 0. The minimum Gasteiger partial charge on any atom is -0.489 e. The van der Waals surface area contributed by atoms with Gasteiger partial charge in [-0.15, -0.1) is 11.3 Å². The van der Waals surface area contributed by atoms with Gasteiger partial charge in [0, 0.05) is 17.5 Å². The summed E-state index contributed by atoms with van der Waals surface area (Å²) in [6.45, 7) is 4.68. The first-order valence-electron chi connectivity index (χ1n) is 10.6. The number of aromatic nitrogens is 2. The van der Waals surface area contributed by atoms with Crippen LogP contribution in [-0.2, 0) is 4.74 Å². The Balaban J connectivity index is 1.37. The Labute approximate surface area is 183 Å². The van der Waals surface area contributed by atoms with E-state index in [0.29, 0.717) is 35.7 Å². The third kappa shape index (κ3) is 4.28. The van der Waals surface area contributed by atoms with Gasteiger partial charge >= 0.3 is 0 Å². The molecule has 8 heteroatoms. The number of rotatable bonds is 6. The van der Waals surface area contributed by atoms with Crippen molar-refractivity contribution in [2.24, 2.45) is 0 Å². The van der Waals surface area contributed by atoms with Crippen LogP contribution in [0.3, 0.4) is 0 Å². The first-order valence-corrected chi connectivity index (χ1v) is 11.4. The Morgan fingerprint density at radius 3 is 2.87 bits per heavy atom. The van der Waals surface area contributed by atoms with E-state index in [9.17, 15) is 9.18 Å². The summed E-state index contributed by atoms with van der Waals surface area (Å²) in [4.78, 5) is 20.9. The summed E-state index contributed by atoms with van der Waals surface area (Å²) in [6, 6.07) is 6.55. The molecule has 0 amide bonds. The number of ether oxygens (including phenoxy) is 2. The van der Waals surface area contributed by atoms with Gasteiger partial charge < -0.3 is 9.47 Å². The minimum atomic E-state index is -0.481. The molecule has 2 aliphatic rings. The minimum absolute atomic E-state index is 0.198. The van der Waals surface area contributed by atoms with Crippen molar-refractivity contribution >= 4 is 27.1 Å². The summed E-state index contributed by atoms with van der Waals surface area (Å²) in [5, 5.41) is 0. The van der Waals surface area contributed by atoms with E-state index in [1.54, 1.807) is 12.1 Å². The Kier molecular flexibility index (Phi) is 5.85. The van der Waals surface area contributed by atoms with E-state index < -0.39 is 5.82 Å². The number of benzene rings is 1. The van der Waals surface area contributed by atoms with E-state index >= 15 is 0 Å². The topological polar surface area (TPSA) is 56.6 Å². The number of hydrogen-bond donors (Lipinski definition) is 0. The first-order chi connectivity index (χ1) is 15.2. The second kappa shape index (κ2) is 8.90. The molecule has 0 N–H and O–H groups in total. The molecule has 4 heterocycles. The number of halogens is 1. The molecule has 0 bridgehead atoms. The molecule has 0 aliphatic carbocycles. The Hall–Kier alpha value is -2.55. The number of fused-ring (bicyclic) bond motifs is 1. The monoisotopic (exact) mass is 441 g/mol. The maximum atomic E-state index is 14.6. The Morgan fingerprint density at radius 2 is 2.10 bits per heavy atom. The summed E-state index contributed by atoms with van der Waals surface area (Å²) in [5.74, 6) is -0.278. The van der Waals surface area contributed by atoms with Crippen LogP contribution in [0.25, 0.3) is 21.5 Å². The smallest absolute Gasteiger partial charge is 0.275 e. The maximum Gasteiger partial charge on any atom is 0.275 e. The number of likely N-dealkylation sites (tertiary alicyclic amines) is 1. The predicted molar refractivity (Wildman–Crippen MR) is 120 cm³/mol. The van der Waals surface area contributed by atoms with E-state index in [1.807, 2.05) is 12.1 Å². The van der Waals surface area contributed by atoms with Crippen molar-refractivity contribution in [2.45, 2.75) is 19.3 Å². The van der Waals surface area contributed by atoms with Crippen LogP contribution in [0.1, 0.15) is 24.1 Å². The molecule has 1 saturated heterocycles. The van der Waals surface area contributed by atoms with Crippen LogP contribution in [0.4, 0.5) is 4.39 Å². The SMILES string of the molecule is O=c1c2sc(C3=CCOCC3)cc2ncn1-c1ccc(OCCN2CCCC2)c(F)c1. The van der Waals surface area contributed by atoms with Gasteiger partial charge in [0.05, 0.1) is 24.4 Å². The number of thiophene rings is 1. The normalized spacial score (nSPS) is 17.3. The van der Waals surface area contributed by atoms with Crippen molar-refractivity contribution in [3.05, 3.63) is 57.7 Å². The van der Waals surface area contributed by atoms with Crippen LogP contribution in [0, 0.1) is 5.82 Å². The van der Waals surface area contributed by atoms with Gasteiger partial charge in [-0.2, -0.15) is 0 Å². The molecule has 2 aromatic heterocycles. The summed E-state index contributed by atoms with van der Waals surface area (Å²) >= 11 is 1.43. The van der Waals surface area contributed by atoms with Crippen LogP contribution in [0.15, 0.2) is 41.5 Å². The Morgan fingerprint density at radius 1 is 1.23 bits per heavy atom. The molecule has 0 unspecified atom stereocenters. The fourth-order valence-electron chi connectivity index (χ4n) is 4.05. The van der Waals surface area contributed by atoms with Gasteiger partial charge in [-0.3, -0.25) is 14.3 Å². The van der Waals surface area contributed by atoms with Gasteiger partial charge in [0.2, 0.25) is 0 Å². The van der Waals surface area contributed by atoms with Crippen molar-refractivity contribution in [2.75, 3.05) is 39.5 Å². The molecule has 0 atom stereocenters. The van der Waals surface area contributed by atoms with Gasteiger partial charge in [-0.05, 0) is 56.1 Å². The van der Waals surface area contributed by atoms with Crippen LogP contribution in [-0.4, -0.2) is 53.9 Å². The van der Waals surface area contributed by atoms with Gasteiger partial charge in [-0.1, -0.05) is 6.08 Å². The lowest BCUT2D eigenvalue weighted by Crippen LogP contribution is -2.25. The van der Waals surface area contributed by atoms with Crippen molar-refractivity contribution in [3.63, 3.8) is 0 Å². The van der Waals surface area contributed by atoms with Gasteiger partial charge in [0.25, 0.3) is 5.56 Å². The molecule has 162 valence electrons. The molecule has 3 aromatic rings. The van der Waals surface area contributed by atoms with Crippen LogP contribution in [0.2, 0.25) is 0 Å². The molecular weight excluding hydrogens is 417 g/mol. The highest BCUT2D eigenvalue weighted by Gasteiger charge is 2.16. The zero-order valence-electron chi connectivity index (χ0n) is 17.2. The first kappa shape index (κ1) is 20.4. The fraction of sp³-hybridized carbons (Fsp3) is 0.391. The van der Waals surface area contributed by atoms with E-state index in [4.69, 9.17) is 9.47 Å². The standard InChI is InChI=1S/C23H24FN3O3S/c24-18-13-17(3-4-20(18)30-12-9-26-7-1-2-8-26)27-15-25-19-14-21(31-22(19)23(27)28)16-5-10-29-11-6-16/h3-5,13-15H,1-2,6-12H2. The highest BCUT2D eigenvalue weighted by molar-refractivity contribution is 7.19. The molecule has 5 rings (SSSR count). The average Bonchev–Trinajstić information content (AvgIpc) is 3.46. The maximum absolute atomic E-state index is 14.6. The summed E-state index contributed by atoms with van der Waals surface area (Å²) in [5.41, 5.74) is 2.08. The molecule has 0 spiro atoms. The quantitative estimate of drug-likeness (QED) is 0.581. The highest BCUT2D eigenvalue weighted by Crippen LogP contribution is 2.31.